The zero-order valence-electron chi connectivity index (χ0n) is 8.30. The van der Waals surface area contributed by atoms with Crippen LogP contribution >= 0.6 is 12.6 Å². The summed E-state index contributed by atoms with van der Waals surface area (Å²) in [4.78, 5) is 10.6. The van der Waals surface area contributed by atoms with Crippen LogP contribution in [0.5, 0.6) is 0 Å². The molecule has 0 spiro atoms. The van der Waals surface area contributed by atoms with E-state index in [4.69, 9.17) is 5.11 Å². The van der Waals surface area contributed by atoms with Gasteiger partial charge in [0.15, 0.2) is 0 Å². The van der Waals surface area contributed by atoms with Gasteiger partial charge in [-0.2, -0.15) is 13.2 Å². The van der Waals surface area contributed by atoms with Gasteiger partial charge in [-0.15, -0.1) is 12.6 Å². The van der Waals surface area contributed by atoms with Crippen LogP contribution in [0.2, 0.25) is 0 Å². The van der Waals surface area contributed by atoms with Gasteiger partial charge in [0.2, 0.25) is 0 Å². The van der Waals surface area contributed by atoms with Crippen LogP contribution in [0.1, 0.15) is 28.4 Å². The molecule has 1 aromatic rings. The minimum atomic E-state index is -4.49. The molecule has 1 rings (SSSR count). The quantitative estimate of drug-likeness (QED) is 0.790. The number of thiol groups is 1. The lowest BCUT2D eigenvalue weighted by atomic mass is 10.0. The van der Waals surface area contributed by atoms with E-state index < -0.39 is 17.7 Å². The summed E-state index contributed by atoms with van der Waals surface area (Å²) in [6.45, 7) is 1.52. The maximum atomic E-state index is 12.6. The second kappa shape index (κ2) is 4.37. The van der Waals surface area contributed by atoms with Gasteiger partial charge in [0.25, 0.3) is 0 Å². The van der Waals surface area contributed by atoms with Crippen LogP contribution in [0.15, 0.2) is 17.0 Å². The maximum absolute atomic E-state index is 12.6. The van der Waals surface area contributed by atoms with Gasteiger partial charge in [-0.1, -0.05) is 6.92 Å². The standard InChI is InChI=1S/C10H9F3O2S/c1-2-5-7(10(11,12)13)4-3-6(8(5)16)9(14)15/h3-4,16H,2H2,1H3,(H,14,15). The molecule has 0 atom stereocenters. The van der Waals surface area contributed by atoms with Crippen LogP contribution in [0.4, 0.5) is 13.2 Å². The van der Waals surface area contributed by atoms with Crippen LogP contribution in [-0.4, -0.2) is 11.1 Å². The molecule has 0 aromatic heterocycles. The molecule has 1 aromatic carbocycles. The lowest BCUT2D eigenvalue weighted by Crippen LogP contribution is -2.12. The molecule has 0 saturated heterocycles. The minimum absolute atomic E-state index is 0.0782. The van der Waals surface area contributed by atoms with Crippen LogP contribution in [0.3, 0.4) is 0 Å². The molecule has 0 amide bonds. The highest BCUT2D eigenvalue weighted by atomic mass is 32.1. The molecule has 0 saturated carbocycles. The molecule has 0 aliphatic rings. The van der Waals surface area contributed by atoms with E-state index in [1.165, 1.54) is 6.92 Å². The first-order chi connectivity index (χ1) is 7.29. The summed E-state index contributed by atoms with van der Waals surface area (Å²) in [5.41, 5.74) is -1.13. The molecule has 0 aliphatic carbocycles. The van der Waals surface area contributed by atoms with Crippen LogP contribution in [0, 0.1) is 0 Å². The zero-order chi connectivity index (χ0) is 12.5. The van der Waals surface area contributed by atoms with E-state index in [0.29, 0.717) is 0 Å². The molecule has 88 valence electrons. The number of aromatic carboxylic acids is 1. The SMILES string of the molecule is CCc1c(C(F)(F)F)ccc(C(=O)O)c1S. The predicted molar refractivity (Wildman–Crippen MR) is 55.0 cm³/mol. The summed E-state index contributed by atoms with van der Waals surface area (Å²) >= 11 is 3.85. The highest BCUT2D eigenvalue weighted by Gasteiger charge is 2.34. The summed E-state index contributed by atoms with van der Waals surface area (Å²) in [6.07, 6.45) is -4.41. The highest BCUT2D eigenvalue weighted by Crippen LogP contribution is 2.36. The van der Waals surface area contributed by atoms with Crippen LogP contribution in [-0.2, 0) is 12.6 Å². The van der Waals surface area contributed by atoms with Crippen molar-refractivity contribution in [1.29, 1.82) is 0 Å². The summed E-state index contributed by atoms with van der Waals surface area (Å²) in [7, 11) is 0. The first kappa shape index (κ1) is 12.9. The Balaban J connectivity index is 3.47. The number of alkyl halides is 3. The van der Waals surface area contributed by atoms with Crippen LogP contribution < -0.4 is 0 Å². The number of hydrogen-bond donors (Lipinski definition) is 2. The molecule has 6 heteroatoms. The number of rotatable bonds is 2. The van der Waals surface area contributed by atoms with E-state index in [-0.39, 0.29) is 22.4 Å². The number of benzene rings is 1. The molecule has 0 fully saturated rings. The molecule has 0 aliphatic heterocycles. The Morgan fingerprint density at radius 2 is 2.00 bits per heavy atom. The summed E-state index contributed by atoms with van der Waals surface area (Å²) < 4.78 is 37.7. The summed E-state index contributed by atoms with van der Waals surface area (Å²) in [6, 6.07) is 1.70. The lowest BCUT2D eigenvalue weighted by Gasteiger charge is -2.15. The van der Waals surface area contributed by atoms with Crippen molar-refractivity contribution in [2.24, 2.45) is 0 Å². The van der Waals surface area contributed by atoms with Gasteiger partial charge in [-0.05, 0) is 24.1 Å². The van der Waals surface area contributed by atoms with E-state index in [9.17, 15) is 18.0 Å². The Hall–Kier alpha value is -1.17. The van der Waals surface area contributed by atoms with E-state index in [1.807, 2.05) is 0 Å². The molecule has 2 nitrogen and oxygen atoms in total. The van der Waals surface area contributed by atoms with Crippen molar-refractivity contribution >= 4 is 18.6 Å². The Kier molecular flexibility index (Phi) is 3.52. The highest BCUT2D eigenvalue weighted by molar-refractivity contribution is 7.80. The smallest absolute Gasteiger partial charge is 0.416 e. The van der Waals surface area contributed by atoms with Crippen molar-refractivity contribution in [3.63, 3.8) is 0 Å². The van der Waals surface area contributed by atoms with E-state index in [1.54, 1.807) is 0 Å². The number of hydrogen-bond acceptors (Lipinski definition) is 2. The average Bonchev–Trinajstić information content (AvgIpc) is 2.15. The van der Waals surface area contributed by atoms with Gasteiger partial charge in [0.1, 0.15) is 0 Å². The fraction of sp³-hybridized carbons (Fsp3) is 0.300. The van der Waals surface area contributed by atoms with Crippen molar-refractivity contribution in [2.45, 2.75) is 24.4 Å². The molecule has 16 heavy (non-hydrogen) atoms. The van der Waals surface area contributed by atoms with Crippen molar-refractivity contribution < 1.29 is 23.1 Å². The van der Waals surface area contributed by atoms with Gasteiger partial charge in [-0.3, -0.25) is 0 Å². The maximum Gasteiger partial charge on any atom is 0.416 e. The third-order valence-corrected chi connectivity index (χ3v) is 2.68. The first-order valence-corrected chi connectivity index (χ1v) is 4.89. The van der Waals surface area contributed by atoms with Crippen molar-refractivity contribution in [1.82, 2.24) is 0 Å². The largest absolute Gasteiger partial charge is 0.478 e. The number of carboxylic acids is 1. The number of carboxylic acid groups (broad SMARTS) is 1. The number of carbonyl (C=O) groups is 1. The Morgan fingerprint density at radius 3 is 2.38 bits per heavy atom. The van der Waals surface area contributed by atoms with Gasteiger partial charge >= 0.3 is 12.1 Å². The second-order valence-electron chi connectivity index (χ2n) is 3.14. The average molecular weight is 250 g/mol. The molecule has 0 radical (unpaired) electrons. The molecule has 1 N–H and O–H groups in total. The summed E-state index contributed by atoms with van der Waals surface area (Å²) in [5.74, 6) is -1.28. The first-order valence-electron chi connectivity index (χ1n) is 4.44. The summed E-state index contributed by atoms with van der Waals surface area (Å²) in [5, 5.41) is 8.75. The van der Waals surface area contributed by atoms with Crippen molar-refractivity contribution in [3.05, 3.63) is 28.8 Å². The number of halogens is 3. The molecular weight excluding hydrogens is 241 g/mol. The predicted octanol–water partition coefficient (Wildman–Crippen LogP) is 3.25. The van der Waals surface area contributed by atoms with E-state index in [0.717, 1.165) is 12.1 Å². The molecular formula is C10H9F3O2S. The van der Waals surface area contributed by atoms with Gasteiger partial charge in [-0.25, -0.2) is 4.79 Å². The zero-order valence-corrected chi connectivity index (χ0v) is 9.19. The lowest BCUT2D eigenvalue weighted by molar-refractivity contribution is -0.138. The van der Waals surface area contributed by atoms with Gasteiger partial charge in [0.05, 0.1) is 11.1 Å². The minimum Gasteiger partial charge on any atom is -0.478 e. The third-order valence-electron chi connectivity index (χ3n) is 2.17. The van der Waals surface area contributed by atoms with Gasteiger partial charge in [0, 0.05) is 4.90 Å². The fourth-order valence-corrected chi connectivity index (χ4v) is 1.88. The van der Waals surface area contributed by atoms with E-state index in [2.05, 4.69) is 12.6 Å². The fourth-order valence-electron chi connectivity index (χ4n) is 1.43. The van der Waals surface area contributed by atoms with Gasteiger partial charge < -0.3 is 5.11 Å². The molecule has 0 unspecified atom stereocenters. The Bertz CT molecular complexity index is 427. The normalized spacial score (nSPS) is 11.6. The third kappa shape index (κ3) is 2.32. The Morgan fingerprint density at radius 1 is 1.44 bits per heavy atom. The monoisotopic (exact) mass is 250 g/mol. The van der Waals surface area contributed by atoms with E-state index >= 15 is 0 Å². The van der Waals surface area contributed by atoms with Crippen LogP contribution in [0.25, 0.3) is 0 Å². The Labute approximate surface area is 95.5 Å². The topological polar surface area (TPSA) is 37.3 Å². The molecule has 0 bridgehead atoms. The van der Waals surface area contributed by atoms with Crippen molar-refractivity contribution in [2.75, 3.05) is 0 Å². The second-order valence-corrected chi connectivity index (χ2v) is 3.59. The molecule has 0 heterocycles. The van der Waals surface area contributed by atoms with Crippen molar-refractivity contribution in [3.8, 4) is 0 Å².